The Bertz CT molecular complexity index is 533. The maximum absolute atomic E-state index is 12.5. The summed E-state index contributed by atoms with van der Waals surface area (Å²) in [5, 5.41) is 6.69. The molecule has 0 radical (unpaired) electrons. The first-order valence-electron chi connectivity index (χ1n) is 7.90. The fourth-order valence-corrected chi connectivity index (χ4v) is 4.34. The standard InChI is InChI=1S/C17H22N2O.ClH/c20-17(19-15-8-11-5-6-13(15)7-11)16-9-12-3-1-2-4-14(12)10-18-16;/h1-4,11,13,15-16,18H,5-10H2,(H,19,20);1H. The molecule has 2 N–H and O–H groups in total. The van der Waals surface area contributed by atoms with Crippen molar-refractivity contribution in [2.24, 2.45) is 11.8 Å². The van der Waals surface area contributed by atoms with Gasteiger partial charge in [0.2, 0.25) is 5.91 Å². The van der Waals surface area contributed by atoms with Crippen molar-refractivity contribution in [1.29, 1.82) is 0 Å². The average Bonchev–Trinajstić information content (AvgIpc) is 3.09. The van der Waals surface area contributed by atoms with Crippen LogP contribution < -0.4 is 10.6 Å². The van der Waals surface area contributed by atoms with Gasteiger partial charge in [0.1, 0.15) is 0 Å². The second-order valence-electron chi connectivity index (χ2n) is 6.70. The van der Waals surface area contributed by atoms with E-state index in [0.717, 1.165) is 24.8 Å². The van der Waals surface area contributed by atoms with Crippen LogP contribution in [-0.2, 0) is 17.8 Å². The lowest BCUT2D eigenvalue weighted by atomic mass is 9.93. The molecule has 4 unspecified atom stereocenters. The summed E-state index contributed by atoms with van der Waals surface area (Å²) in [6.07, 6.45) is 6.07. The van der Waals surface area contributed by atoms with Gasteiger partial charge in [-0.3, -0.25) is 4.79 Å². The van der Waals surface area contributed by atoms with Crippen LogP contribution in [0, 0.1) is 11.8 Å². The smallest absolute Gasteiger partial charge is 0.237 e. The number of carbonyl (C=O) groups excluding carboxylic acids is 1. The molecule has 3 nitrogen and oxygen atoms in total. The van der Waals surface area contributed by atoms with Crippen molar-refractivity contribution in [3.8, 4) is 0 Å². The Morgan fingerprint density at radius 2 is 1.95 bits per heavy atom. The van der Waals surface area contributed by atoms with Crippen LogP contribution in [0.5, 0.6) is 0 Å². The lowest BCUT2D eigenvalue weighted by molar-refractivity contribution is -0.124. The van der Waals surface area contributed by atoms with Crippen molar-refractivity contribution < 1.29 is 4.79 Å². The number of nitrogens with one attached hydrogen (secondary N) is 2. The average molecular weight is 307 g/mol. The Morgan fingerprint density at radius 3 is 2.67 bits per heavy atom. The minimum Gasteiger partial charge on any atom is -0.352 e. The number of carbonyl (C=O) groups is 1. The third-order valence-corrected chi connectivity index (χ3v) is 5.46. The number of hydrogen-bond acceptors (Lipinski definition) is 2. The topological polar surface area (TPSA) is 41.1 Å². The molecule has 3 aliphatic rings. The molecule has 0 spiro atoms. The number of fused-ring (bicyclic) bond motifs is 3. The van der Waals surface area contributed by atoms with Crippen LogP contribution in [0.2, 0.25) is 0 Å². The van der Waals surface area contributed by atoms with E-state index in [1.807, 2.05) is 0 Å². The van der Waals surface area contributed by atoms with E-state index in [1.165, 1.54) is 36.8 Å². The second-order valence-corrected chi connectivity index (χ2v) is 6.70. The molecule has 1 aromatic rings. The fourth-order valence-electron chi connectivity index (χ4n) is 4.34. The van der Waals surface area contributed by atoms with E-state index in [-0.39, 0.29) is 24.4 Å². The summed E-state index contributed by atoms with van der Waals surface area (Å²) in [6.45, 7) is 0.810. The van der Waals surface area contributed by atoms with Gasteiger partial charge in [0.25, 0.3) is 0 Å². The Morgan fingerprint density at radius 1 is 1.14 bits per heavy atom. The van der Waals surface area contributed by atoms with Crippen LogP contribution in [0.1, 0.15) is 36.8 Å². The summed E-state index contributed by atoms with van der Waals surface area (Å²) in [5.74, 6) is 1.84. The minimum absolute atomic E-state index is 0. The fraction of sp³-hybridized carbons (Fsp3) is 0.588. The first kappa shape index (κ1) is 14.9. The van der Waals surface area contributed by atoms with Crippen molar-refractivity contribution >= 4 is 18.3 Å². The highest BCUT2D eigenvalue weighted by Crippen LogP contribution is 2.44. The van der Waals surface area contributed by atoms with Crippen LogP contribution in [0.15, 0.2) is 24.3 Å². The zero-order valence-electron chi connectivity index (χ0n) is 12.2. The van der Waals surface area contributed by atoms with Crippen molar-refractivity contribution in [2.45, 2.75) is 50.7 Å². The molecule has 114 valence electrons. The Balaban J connectivity index is 0.00000132. The van der Waals surface area contributed by atoms with E-state index in [0.29, 0.717) is 6.04 Å². The van der Waals surface area contributed by atoms with E-state index in [4.69, 9.17) is 0 Å². The molecule has 1 amide bonds. The number of amides is 1. The van der Waals surface area contributed by atoms with Gasteiger partial charge in [-0.25, -0.2) is 0 Å². The number of benzene rings is 1. The minimum atomic E-state index is -0.0518. The van der Waals surface area contributed by atoms with Gasteiger partial charge < -0.3 is 10.6 Å². The third kappa shape index (κ3) is 2.82. The molecule has 0 aromatic heterocycles. The largest absolute Gasteiger partial charge is 0.352 e. The normalized spacial score (nSPS) is 33.1. The van der Waals surface area contributed by atoms with Gasteiger partial charge in [0.05, 0.1) is 6.04 Å². The first-order valence-corrected chi connectivity index (χ1v) is 7.90. The van der Waals surface area contributed by atoms with Crippen LogP contribution in [0.4, 0.5) is 0 Å². The van der Waals surface area contributed by atoms with Crippen molar-refractivity contribution in [2.75, 3.05) is 0 Å². The van der Waals surface area contributed by atoms with E-state index in [2.05, 4.69) is 34.9 Å². The van der Waals surface area contributed by atoms with Crippen molar-refractivity contribution in [3.05, 3.63) is 35.4 Å². The molecule has 2 saturated carbocycles. The predicted octanol–water partition coefficient (Wildman–Crippen LogP) is 2.43. The van der Waals surface area contributed by atoms with Crippen molar-refractivity contribution in [1.82, 2.24) is 10.6 Å². The highest BCUT2D eigenvalue weighted by atomic mass is 35.5. The summed E-state index contributed by atoms with van der Waals surface area (Å²) >= 11 is 0. The molecule has 2 fully saturated rings. The van der Waals surface area contributed by atoms with Gasteiger partial charge >= 0.3 is 0 Å². The summed E-state index contributed by atoms with van der Waals surface area (Å²) in [4.78, 5) is 12.5. The molecule has 4 heteroatoms. The van der Waals surface area contributed by atoms with Crippen molar-refractivity contribution in [3.63, 3.8) is 0 Å². The van der Waals surface area contributed by atoms with Gasteiger partial charge in [0.15, 0.2) is 0 Å². The number of rotatable bonds is 2. The van der Waals surface area contributed by atoms with Gasteiger partial charge in [-0.15, -0.1) is 12.4 Å². The number of hydrogen-bond donors (Lipinski definition) is 2. The Hall–Kier alpha value is -1.06. The summed E-state index contributed by atoms with van der Waals surface area (Å²) in [7, 11) is 0. The molecule has 4 atom stereocenters. The molecule has 1 heterocycles. The van der Waals surface area contributed by atoms with Gasteiger partial charge in [-0.2, -0.15) is 0 Å². The van der Waals surface area contributed by atoms with Crippen LogP contribution in [0.25, 0.3) is 0 Å². The second kappa shape index (κ2) is 5.98. The summed E-state index contributed by atoms with van der Waals surface area (Å²) < 4.78 is 0. The highest BCUT2D eigenvalue weighted by molar-refractivity contribution is 5.85. The maximum Gasteiger partial charge on any atom is 0.237 e. The lowest BCUT2D eigenvalue weighted by Gasteiger charge is -2.29. The first-order chi connectivity index (χ1) is 9.79. The molecular weight excluding hydrogens is 284 g/mol. The van der Waals surface area contributed by atoms with E-state index >= 15 is 0 Å². The molecule has 1 aliphatic heterocycles. The Labute approximate surface area is 132 Å². The molecule has 4 rings (SSSR count). The quantitative estimate of drug-likeness (QED) is 0.881. The Kier molecular flexibility index (Phi) is 4.23. The third-order valence-electron chi connectivity index (χ3n) is 5.46. The van der Waals surface area contributed by atoms with E-state index in [9.17, 15) is 4.79 Å². The summed E-state index contributed by atoms with van der Waals surface area (Å²) in [5.41, 5.74) is 2.65. The number of halogens is 1. The van der Waals surface area contributed by atoms with Crippen LogP contribution >= 0.6 is 12.4 Å². The summed E-state index contributed by atoms with van der Waals surface area (Å²) in [6, 6.07) is 8.82. The lowest BCUT2D eigenvalue weighted by Crippen LogP contribution is -2.51. The predicted molar refractivity (Wildman–Crippen MR) is 85.4 cm³/mol. The SMILES string of the molecule is Cl.O=C(NC1CC2CCC1C2)C1Cc2ccccc2CN1. The molecule has 1 aromatic carbocycles. The molecule has 0 saturated heterocycles. The van der Waals surface area contributed by atoms with Crippen LogP contribution in [0.3, 0.4) is 0 Å². The van der Waals surface area contributed by atoms with Gasteiger partial charge in [0, 0.05) is 12.6 Å². The zero-order chi connectivity index (χ0) is 13.5. The molecule has 2 bridgehead atoms. The van der Waals surface area contributed by atoms with E-state index < -0.39 is 0 Å². The molecule has 2 aliphatic carbocycles. The van der Waals surface area contributed by atoms with Gasteiger partial charge in [-0.1, -0.05) is 30.7 Å². The van der Waals surface area contributed by atoms with E-state index in [1.54, 1.807) is 0 Å². The van der Waals surface area contributed by atoms with Crippen LogP contribution in [-0.4, -0.2) is 18.0 Å². The monoisotopic (exact) mass is 306 g/mol. The maximum atomic E-state index is 12.5. The highest BCUT2D eigenvalue weighted by Gasteiger charge is 2.40. The molecule has 21 heavy (non-hydrogen) atoms. The molecular formula is C17H23ClN2O. The van der Waals surface area contributed by atoms with Gasteiger partial charge in [-0.05, 0) is 48.6 Å². The zero-order valence-corrected chi connectivity index (χ0v) is 13.0.